The average Bonchev–Trinajstić information content (AvgIpc) is 2.37. The summed E-state index contributed by atoms with van der Waals surface area (Å²) >= 11 is 0. The molecule has 0 aromatic heterocycles. The molecule has 3 nitrogen and oxygen atoms in total. The number of methoxy groups -OCH3 is 1. The second-order valence-electron chi connectivity index (χ2n) is 6.22. The van der Waals surface area contributed by atoms with Crippen molar-refractivity contribution in [1.82, 2.24) is 4.90 Å². The fraction of sp³-hybridized carbons (Fsp3) is 0.588. The van der Waals surface area contributed by atoms with Crippen molar-refractivity contribution in [2.75, 3.05) is 20.2 Å². The highest BCUT2D eigenvalue weighted by molar-refractivity contribution is 5.94. The monoisotopic (exact) mass is 275 g/mol. The van der Waals surface area contributed by atoms with Gasteiger partial charge >= 0.3 is 0 Å². The summed E-state index contributed by atoms with van der Waals surface area (Å²) in [6.45, 7) is 9.34. The van der Waals surface area contributed by atoms with Crippen LogP contribution in [0.4, 0.5) is 0 Å². The molecule has 0 radical (unpaired) electrons. The zero-order valence-electron chi connectivity index (χ0n) is 13.0. The number of carbonyl (C=O) groups excluding carboxylic acids is 1. The van der Waals surface area contributed by atoms with Crippen molar-refractivity contribution in [2.24, 2.45) is 11.8 Å². The number of benzene rings is 1. The second-order valence-corrected chi connectivity index (χ2v) is 6.22. The number of hydrogen-bond acceptors (Lipinski definition) is 3. The van der Waals surface area contributed by atoms with Crippen LogP contribution in [0, 0.1) is 11.8 Å². The Kier molecular flexibility index (Phi) is 4.81. The van der Waals surface area contributed by atoms with E-state index in [9.17, 15) is 4.79 Å². The Morgan fingerprint density at radius 3 is 2.50 bits per heavy atom. The van der Waals surface area contributed by atoms with Gasteiger partial charge in [-0.1, -0.05) is 13.8 Å². The van der Waals surface area contributed by atoms with Crippen molar-refractivity contribution in [3.8, 4) is 5.75 Å². The fourth-order valence-electron chi connectivity index (χ4n) is 3.28. The third-order valence-corrected chi connectivity index (χ3v) is 4.03. The van der Waals surface area contributed by atoms with Gasteiger partial charge < -0.3 is 4.74 Å². The Hall–Kier alpha value is -1.35. The molecule has 1 fully saturated rings. The number of likely N-dealkylation sites (tertiary alicyclic amines) is 1. The van der Waals surface area contributed by atoms with Crippen LogP contribution < -0.4 is 4.74 Å². The van der Waals surface area contributed by atoms with Crippen LogP contribution in [0.5, 0.6) is 5.75 Å². The van der Waals surface area contributed by atoms with Gasteiger partial charge in [0.2, 0.25) is 0 Å². The molecule has 3 heteroatoms. The third-order valence-electron chi connectivity index (χ3n) is 4.03. The van der Waals surface area contributed by atoms with E-state index in [1.807, 2.05) is 18.2 Å². The summed E-state index contributed by atoms with van der Waals surface area (Å²) < 4.78 is 5.44. The second kappa shape index (κ2) is 6.40. The molecular weight excluding hydrogens is 250 g/mol. The molecule has 0 aliphatic carbocycles. The fourth-order valence-corrected chi connectivity index (χ4v) is 3.28. The van der Waals surface area contributed by atoms with E-state index < -0.39 is 0 Å². The Morgan fingerprint density at radius 2 is 1.95 bits per heavy atom. The van der Waals surface area contributed by atoms with Crippen molar-refractivity contribution in [3.05, 3.63) is 29.3 Å². The first-order valence-electron chi connectivity index (χ1n) is 7.39. The van der Waals surface area contributed by atoms with Crippen molar-refractivity contribution >= 4 is 5.78 Å². The number of rotatable bonds is 4. The highest BCUT2D eigenvalue weighted by Crippen LogP contribution is 2.26. The van der Waals surface area contributed by atoms with Crippen molar-refractivity contribution in [3.63, 3.8) is 0 Å². The topological polar surface area (TPSA) is 29.5 Å². The lowest BCUT2D eigenvalue weighted by Gasteiger charge is -2.35. The molecule has 1 aromatic carbocycles. The van der Waals surface area contributed by atoms with Crippen LogP contribution in [-0.2, 0) is 6.54 Å². The minimum Gasteiger partial charge on any atom is -0.496 e. The molecule has 0 spiro atoms. The summed E-state index contributed by atoms with van der Waals surface area (Å²) in [7, 11) is 1.69. The zero-order valence-corrected chi connectivity index (χ0v) is 13.0. The highest BCUT2D eigenvalue weighted by Gasteiger charge is 2.22. The lowest BCUT2D eigenvalue weighted by Crippen LogP contribution is -2.38. The summed E-state index contributed by atoms with van der Waals surface area (Å²) in [5, 5.41) is 0. The predicted molar refractivity (Wildman–Crippen MR) is 81.2 cm³/mol. The maximum Gasteiger partial charge on any atom is 0.159 e. The first-order valence-corrected chi connectivity index (χ1v) is 7.39. The van der Waals surface area contributed by atoms with E-state index in [4.69, 9.17) is 4.74 Å². The van der Waals surface area contributed by atoms with Crippen molar-refractivity contribution in [1.29, 1.82) is 0 Å². The van der Waals surface area contributed by atoms with E-state index in [1.165, 1.54) is 6.42 Å². The minimum absolute atomic E-state index is 0.106. The van der Waals surface area contributed by atoms with Crippen LogP contribution in [-0.4, -0.2) is 30.9 Å². The maximum absolute atomic E-state index is 11.5. The number of hydrogen-bond donors (Lipinski definition) is 0. The summed E-state index contributed by atoms with van der Waals surface area (Å²) in [5.74, 6) is 2.46. The molecule has 1 aromatic rings. The van der Waals surface area contributed by atoms with E-state index in [0.29, 0.717) is 0 Å². The molecule has 0 N–H and O–H groups in total. The van der Waals surface area contributed by atoms with Gasteiger partial charge in [-0.25, -0.2) is 0 Å². The minimum atomic E-state index is 0.106. The molecule has 110 valence electrons. The lowest BCUT2D eigenvalue weighted by molar-refractivity contribution is 0.101. The van der Waals surface area contributed by atoms with Crippen molar-refractivity contribution < 1.29 is 9.53 Å². The number of ether oxygens (including phenoxy) is 1. The highest BCUT2D eigenvalue weighted by atomic mass is 16.5. The van der Waals surface area contributed by atoms with E-state index in [-0.39, 0.29) is 5.78 Å². The van der Waals surface area contributed by atoms with Crippen LogP contribution in [0.25, 0.3) is 0 Å². The molecule has 1 saturated heterocycles. The molecule has 2 rings (SSSR count). The van der Waals surface area contributed by atoms with Gasteiger partial charge in [-0.3, -0.25) is 9.69 Å². The van der Waals surface area contributed by atoms with Crippen molar-refractivity contribution in [2.45, 2.75) is 33.7 Å². The molecule has 1 aliphatic rings. The number of nitrogens with zero attached hydrogens (tertiary/aromatic N) is 1. The summed E-state index contributed by atoms with van der Waals surface area (Å²) in [4.78, 5) is 14.0. The summed E-state index contributed by atoms with van der Waals surface area (Å²) in [6, 6.07) is 5.72. The van der Waals surface area contributed by atoms with E-state index in [0.717, 1.165) is 48.3 Å². The average molecular weight is 275 g/mol. The molecule has 1 heterocycles. The van der Waals surface area contributed by atoms with Crippen LogP contribution in [0.1, 0.15) is 43.1 Å². The van der Waals surface area contributed by atoms with Gasteiger partial charge in [0.15, 0.2) is 5.78 Å². The van der Waals surface area contributed by atoms with Gasteiger partial charge in [0, 0.05) is 30.8 Å². The van der Waals surface area contributed by atoms with E-state index >= 15 is 0 Å². The molecule has 2 unspecified atom stereocenters. The first-order chi connectivity index (χ1) is 9.49. The van der Waals surface area contributed by atoms with Crippen LogP contribution >= 0.6 is 0 Å². The summed E-state index contributed by atoms with van der Waals surface area (Å²) in [5.41, 5.74) is 1.88. The number of carbonyl (C=O) groups is 1. The Morgan fingerprint density at radius 1 is 1.30 bits per heavy atom. The van der Waals surface area contributed by atoms with Gasteiger partial charge in [0.25, 0.3) is 0 Å². The number of Topliss-reactive ketones (excluding diaryl/α,β-unsaturated/α-hetero) is 1. The molecule has 0 amide bonds. The Bertz CT molecular complexity index is 474. The standard InChI is InChI=1S/C17H25NO2/c1-12-7-13(2)10-18(9-12)11-16-8-15(14(3)19)5-6-17(16)20-4/h5-6,8,12-13H,7,9-11H2,1-4H3. The van der Waals surface area contributed by atoms with Gasteiger partial charge in [-0.2, -0.15) is 0 Å². The normalized spacial score (nSPS) is 23.6. The lowest BCUT2D eigenvalue weighted by atomic mass is 9.91. The molecule has 1 aliphatic heterocycles. The largest absolute Gasteiger partial charge is 0.496 e. The van der Waals surface area contributed by atoms with Gasteiger partial charge in [0.1, 0.15) is 5.75 Å². The number of piperidine rings is 1. The smallest absolute Gasteiger partial charge is 0.159 e. The van der Waals surface area contributed by atoms with Crippen LogP contribution in [0.15, 0.2) is 18.2 Å². The predicted octanol–water partition coefficient (Wildman–Crippen LogP) is 3.38. The molecule has 0 saturated carbocycles. The van der Waals surface area contributed by atoms with E-state index in [2.05, 4.69) is 18.7 Å². The molecule has 0 bridgehead atoms. The summed E-state index contributed by atoms with van der Waals surface area (Å²) in [6.07, 6.45) is 1.31. The van der Waals surface area contributed by atoms with Gasteiger partial charge in [-0.05, 0) is 43.4 Å². The zero-order chi connectivity index (χ0) is 14.7. The molecule has 2 atom stereocenters. The maximum atomic E-state index is 11.5. The Labute approximate surface area is 121 Å². The molecule has 20 heavy (non-hydrogen) atoms. The SMILES string of the molecule is COc1ccc(C(C)=O)cc1CN1CC(C)CC(C)C1. The van der Waals surface area contributed by atoms with Gasteiger partial charge in [-0.15, -0.1) is 0 Å². The van der Waals surface area contributed by atoms with Crippen LogP contribution in [0.3, 0.4) is 0 Å². The Balaban J connectivity index is 2.18. The first kappa shape index (κ1) is 15.0. The van der Waals surface area contributed by atoms with E-state index in [1.54, 1.807) is 14.0 Å². The van der Waals surface area contributed by atoms with Gasteiger partial charge in [0.05, 0.1) is 7.11 Å². The van der Waals surface area contributed by atoms with Crippen LogP contribution in [0.2, 0.25) is 0 Å². The molecular formula is C17H25NO2. The quantitative estimate of drug-likeness (QED) is 0.789. The number of ketones is 1. The third kappa shape index (κ3) is 3.60.